The molecule has 7 heteroatoms. The number of benzene rings is 2. The molecule has 0 aliphatic rings. The van der Waals surface area contributed by atoms with Crippen LogP contribution in [0.15, 0.2) is 60.4 Å². The highest BCUT2D eigenvalue weighted by Crippen LogP contribution is 2.24. The number of methoxy groups -OCH3 is 1. The number of hydrogen-bond donors (Lipinski definition) is 4. The molecular weight excluding hydrogens is 392 g/mol. The Morgan fingerprint density at radius 1 is 1.26 bits per heavy atom. The van der Waals surface area contributed by atoms with Crippen molar-refractivity contribution in [3.05, 3.63) is 77.2 Å². The largest absolute Gasteiger partial charge is 0.497 e. The highest BCUT2D eigenvalue weighted by atomic mass is 16.5. The summed E-state index contributed by atoms with van der Waals surface area (Å²) in [6, 6.07) is 14.4. The molecule has 7 nitrogen and oxygen atoms in total. The number of carbonyl (C=O) groups is 1. The molecule has 1 amide bonds. The van der Waals surface area contributed by atoms with Gasteiger partial charge in [0.15, 0.2) is 0 Å². The molecule has 0 aliphatic carbocycles. The lowest BCUT2D eigenvalue weighted by molar-refractivity contribution is 0.0925. The van der Waals surface area contributed by atoms with Crippen LogP contribution in [0.3, 0.4) is 0 Å². The first-order chi connectivity index (χ1) is 15.0. The molecule has 0 bridgehead atoms. The number of carbonyl (C=O) groups excluding carboxylic acids is 1. The van der Waals surface area contributed by atoms with Crippen LogP contribution in [0, 0.1) is 5.41 Å². The van der Waals surface area contributed by atoms with E-state index in [-0.39, 0.29) is 24.2 Å². The molecular formula is C24H26N4O3. The van der Waals surface area contributed by atoms with Crippen LogP contribution < -0.4 is 15.8 Å². The van der Waals surface area contributed by atoms with E-state index in [1.807, 2.05) is 42.5 Å². The van der Waals surface area contributed by atoms with Crippen molar-refractivity contribution in [2.45, 2.75) is 19.4 Å². The van der Waals surface area contributed by atoms with E-state index in [2.05, 4.69) is 10.3 Å². The number of hydrogen-bond acceptors (Lipinski definition) is 6. The Balaban J connectivity index is 1.91. The maximum Gasteiger partial charge on any atom is 0.270 e. The second-order valence-electron chi connectivity index (χ2n) is 7.19. The Morgan fingerprint density at radius 2 is 2.06 bits per heavy atom. The Labute approximate surface area is 181 Å². The lowest BCUT2D eigenvalue weighted by atomic mass is 10.0. The van der Waals surface area contributed by atoms with E-state index in [0.29, 0.717) is 23.4 Å². The molecule has 1 atom stereocenters. The third-order valence-electron chi connectivity index (χ3n) is 5.05. The quantitative estimate of drug-likeness (QED) is 0.418. The maximum absolute atomic E-state index is 12.9. The molecule has 0 radical (unpaired) electrons. The smallest absolute Gasteiger partial charge is 0.270 e. The normalized spacial score (nSPS) is 12.7. The van der Waals surface area contributed by atoms with E-state index < -0.39 is 0 Å². The van der Waals surface area contributed by atoms with Crippen molar-refractivity contribution in [1.82, 2.24) is 10.3 Å². The number of rotatable bonds is 8. The van der Waals surface area contributed by atoms with Gasteiger partial charge in [-0.2, -0.15) is 0 Å². The van der Waals surface area contributed by atoms with E-state index in [9.17, 15) is 9.90 Å². The SMILES string of the molecule is COc1cccc(C(CCO)NC(=O)c2cc3cc(/C(C=N)=C(\C)N)ccc3cn2)c1. The number of amides is 1. The standard InChI is InChI=1S/C24H26N4O3/c1-15(26)21(13-25)16-6-7-18-14-27-23(12-19(18)10-16)24(30)28-22(8-9-29)17-4-3-5-20(11-17)31-2/h3-7,10-14,22,25,29H,8-9,26H2,1-2H3,(H,28,30)/b21-15+,25-13?. The fourth-order valence-corrected chi connectivity index (χ4v) is 3.40. The van der Waals surface area contributed by atoms with Gasteiger partial charge in [-0.1, -0.05) is 24.3 Å². The van der Waals surface area contributed by atoms with Gasteiger partial charge in [0.2, 0.25) is 0 Å². The fourth-order valence-electron chi connectivity index (χ4n) is 3.40. The third-order valence-corrected chi connectivity index (χ3v) is 5.05. The van der Waals surface area contributed by atoms with Gasteiger partial charge < -0.3 is 26.3 Å². The van der Waals surface area contributed by atoms with Gasteiger partial charge >= 0.3 is 0 Å². The minimum Gasteiger partial charge on any atom is -0.497 e. The monoisotopic (exact) mass is 418 g/mol. The zero-order valence-corrected chi connectivity index (χ0v) is 17.6. The molecule has 1 unspecified atom stereocenters. The molecule has 0 spiro atoms. The lowest BCUT2D eigenvalue weighted by Crippen LogP contribution is -2.29. The fraction of sp³-hybridized carbons (Fsp3) is 0.208. The van der Waals surface area contributed by atoms with Crippen molar-refractivity contribution in [3.8, 4) is 5.75 Å². The zero-order valence-electron chi connectivity index (χ0n) is 17.6. The van der Waals surface area contributed by atoms with Gasteiger partial charge in [0.1, 0.15) is 11.4 Å². The molecule has 160 valence electrons. The van der Waals surface area contributed by atoms with Crippen molar-refractivity contribution in [2.24, 2.45) is 5.73 Å². The highest BCUT2D eigenvalue weighted by Gasteiger charge is 2.17. The summed E-state index contributed by atoms with van der Waals surface area (Å²) in [6.45, 7) is 1.67. The van der Waals surface area contributed by atoms with Crippen LogP contribution in [0.25, 0.3) is 16.3 Å². The summed E-state index contributed by atoms with van der Waals surface area (Å²) in [5.41, 5.74) is 8.96. The van der Waals surface area contributed by atoms with Gasteiger partial charge in [-0.05, 0) is 54.1 Å². The molecule has 2 aromatic carbocycles. The van der Waals surface area contributed by atoms with Crippen molar-refractivity contribution >= 4 is 28.5 Å². The van der Waals surface area contributed by atoms with Crippen LogP contribution in [0.1, 0.15) is 41.0 Å². The van der Waals surface area contributed by atoms with Gasteiger partial charge in [0.25, 0.3) is 5.91 Å². The molecule has 1 aromatic heterocycles. The summed E-state index contributed by atoms with van der Waals surface area (Å²) in [5, 5.41) is 21.7. The highest BCUT2D eigenvalue weighted by molar-refractivity contribution is 6.10. The third kappa shape index (κ3) is 5.07. The topological polar surface area (TPSA) is 121 Å². The second kappa shape index (κ2) is 9.86. The number of ether oxygens (including phenoxy) is 1. The van der Waals surface area contributed by atoms with Gasteiger partial charge in [0, 0.05) is 35.7 Å². The van der Waals surface area contributed by atoms with Crippen LogP contribution in [0.5, 0.6) is 5.75 Å². The zero-order chi connectivity index (χ0) is 22.4. The Bertz CT molecular complexity index is 1140. The number of nitrogens with two attached hydrogens (primary N) is 1. The molecule has 0 saturated heterocycles. The maximum atomic E-state index is 12.9. The molecule has 1 heterocycles. The molecule has 3 rings (SSSR count). The Morgan fingerprint density at radius 3 is 2.74 bits per heavy atom. The number of nitrogens with one attached hydrogen (secondary N) is 2. The molecule has 3 aromatic rings. The van der Waals surface area contributed by atoms with Crippen LogP contribution in [-0.4, -0.2) is 35.9 Å². The molecule has 31 heavy (non-hydrogen) atoms. The number of pyridine rings is 1. The minimum atomic E-state index is -0.385. The van der Waals surface area contributed by atoms with E-state index in [0.717, 1.165) is 21.9 Å². The molecule has 5 N–H and O–H groups in total. The van der Waals surface area contributed by atoms with Crippen molar-refractivity contribution < 1.29 is 14.6 Å². The molecule has 0 fully saturated rings. The first-order valence-electron chi connectivity index (χ1n) is 9.89. The predicted molar refractivity (Wildman–Crippen MR) is 122 cm³/mol. The van der Waals surface area contributed by atoms with Crippen LogP contribution in [0.2, 0.25) is 0 Å². The van der Waals surface area contributed by atoms with E-state index in [1.165, 1.54) is 6.21 Å². The van der Waals surface area contributed by atoms with E-state index >= 15 is 0 Å². The summed E-state index contributed by atoms with van der Waals surface area (Å²) in [6.07, 6.45) is 3.22. The van der Waals surface area contributed by atoms with Crippen LogP contribution >= 0.6 is 0 Å². The van der Waals surface area contributed by atoms with Gasteiger partial charge in [-0.3, -0.25) is 9.78 Å². The van der Waals surface area contributed by atoms with Crippen molar-refractivity contribution in [1.29, 1.82) is 5.41 Å². The average molecular weight is 418 g/mol. The first kappa shape index (κ1) is 22.0. The number of fused-ring (bicyclic) bond motifs is 1. The molecule has 0 saturated carbocycles. The van der Waals surface area contributed by atoms with Gasteiger partial charge in [-0.15, -0.1) is 0 Å². The van der Waals surface area contributed by atoms with Crippen molar-refractivity contribution in [3.63, 3.8) is 0 Å². The summed E-state index contributed by atoms with van der Waals surface area (Å²) in [7, 11) is 1.58. The van der Waals surface area contributed by atoms with Gasteiger partial charge in [0.05, 0.1) is 13.2 Å². The minimum absolute atomic E-state index is 0.0756. The van der Waals surface area contributed by atoms with Crippen LogP contribution in [0.4, 0.5) is 0 Å². The Kier molecular flexibility index (Phi) is 6.99. The summed E-state index contributed by atoms with van der Waals surface area (Å²) < 4.78 is 5.26. The van der Waals surface area contributed by atoms with E-state index in [1.54, 1.807) is 26.3 Å². The number of nitrogens with zero attached hydrogens (tertiary/aromatic N) is 1. The molecule has 0 aliphatic heterocycles. The number of aromatic nitrogens is 1. The van der Waals surface area contributed by atoms with Gasteiger partial charge in [-0.25, -0.2) is 0 Å². The number of aliphatic hydroxyl groups excluding tert-OH is 1. The summed E-state index contributed by atoms with van der Waals surface area (Å²) in [5.74, 6) is 0.336. The predicted octanol–water partition coefficient (Wildman–Crippen LogP) is 3.44. The van der Waals surface area contributed by atoms with Crippen molar-refractivity contribution in [2.75, 3.05) is 13.7 Å². The first-order valence-corrected chi connectivity index (χ1v) is 9.89. The summed E-state index contributed by atoms with van der Waals surface area (Å²) in [4.78, 5) is 17.2. The summed E-state index contributed by atoms with van der Waals surface area (Å²) >= 11 is 0. The van der Waals surface area contributed by atoms with Crippen LogP contribution in [-0.2, 0) is 0 Å². The number of aliphatic hydroxyl groups is 1. The van der Waals surface area contributed by atoms with E-state index in [4.69, 9.17) is 15.9 Å². The Hall–Kier alpha value is -3.71. The number of allylic oxidation sites excluding steroid dienone is 2. The second-order valence-corrected chi connectivity index (χ2v) is 7.19. The lowest BCUT2D eigenvalue weighted by Gasteiger charge is -2.19. The average Bonchev–Trinajstić information content (AvgIpc) is 2.78.